The van der Waals surface area contributed by atoms with Crippen molar-refractivity contribution in [3.05, 3.63) is 59.7 Å². The molecule has 0 aromatic heterocycles. The van der Waals surface area contributed by atoms with Gasteiger partial charge in [0.15, 0.2) is 0 Å². The van der Waals surface area contributed by atoms with Crippen molar-refractivity contribution >= 4 is 23.6 Å². The molecule has 0 radical (unpaired) electrons. The van der Waals surface area contributed by atoms with Crippen LogP contribution in [0.5, 0.6) is 5.75 Å². The Morgan fingerprint density at radius 1 is 0.973 bits per heavy atom. The Labute approximate surface area is 220 Å². The largest absolute Gasteiger partial charge is 0.508 e. The van der Waals surface area contributed by atoms with E-state index in [0.29, 0.717) is 24.2 Å². The number of alkyl carbamates (subject to hydrolysis) is 1. The summed E-state index contributed by atoms with van der Waals surface area (Å²) in [5.74, 6) is -0.985. The molecule has 0 aliphatic heterocycles. The van der Waals surface area contributed by atoms with E-state index in [1.54, 1.807) is 45.0 Å². The molecule has 37 heavy (non-hydrogen) atoms. The molecule has 0 bridgehead atoms. The van der Waals surface area contributed by atoms with Gasteiger partial charge in [-0.25, -0.2) is 4.79 Å². The molecule has 2 aromatic rings. The van der Waals surface area contributed by atoms with Crippen LogP contribution in [0.4, 0.5) is 10.5 Å². The first kappa shape index (κ1) is 29.7. The zero-order valence-electron chi connectivity index (χ0n) is 22.7. The minimum atomic E-state index is -1.10. The van der Waals surface area contributed by atoms with Crippen LogP contribution in [0.1, 0.15) is 77.0 Å². The van der Waals surface area contributed by atoms with E-state index in [2.05, 4.69) is 17.6 Å². The Bertz CT molecular complexity index is 1050. The van der Waals surface area contributed by atoms with Crippen molar-refractivity contribution in [3.8, 4) is 5.75 Å². The highest BCUT2D eigenvalue weighted by Crippen LogP contribution is 2.31. The Balaban J connectivity index is 2.36. The number of nitrogens with zero attached hydrogens (tertiary/aromatic N) is 1. The summed E-state index contributed by atoms with van der Waals surface area (Å²) in [7, 11) is 0. The second-order valence-electron chi connectivity index (χ2n) is 10.1. The SMILES string of the molecule is CCCCCCCN(C(=O)CNC(=O)OC(C)(C)C)C(C(=O)Nc1ccccc1C)c1ccccc1O. The van der Waals surface area contributed by atoms with Crippen LogP contribution in [0, 0.1) is 6.92 Å². The van der Waals surface area contributed by atoms with Crippen molar-refractivity contribution < 1.29 is 24.2 Å². The number of nitrogens with one attached hydrogen (secondary N) is 2. The third-order valence-electron chi connectivity index (χ3n) is 5.80. The number of phenolic OH excluding ortho intramolecular Hbond substituents is 1. The summed E-state index contributed by atoms with van der Waals surface area (Å²) in [4.78, 5) is 40.8. The first-order chi connectivity index (χ1) is 17.5. The number of anilines is 1. The molecule has 0 saturated heterocycles. The smallest absolute Gasteiger partial charge is 0.408 e. The summed E-state index contributed by atoms with van der Waals surface area (Å²) in [6, 6.07) is 12.8. The van der Waals surface area contributed by atoms with E-state index in [9.17, 15) is 19.5 Å². The molecule has 0 saturated carbocycles. The predicted molar refractivity (Wildman–Crippen MR) is 145 cm³/mol. The minimum absolute atomic E-state index is 0.0867. The average molecular weight is 512 g/mol. The number of aromatic hydroxyl groups is 1. The van der Waals surface area contributed by atoms with Gasteiger partial charge in [0, 0.05) is 17.8 Å². The first-order valence-corrected chi connectivity index (χ1v) is 12.9. The number of para-hydroxylation sites is 2. The van der Waals surface area contributed by atoms with Crippen LogP contribution in [0.2, 0.25) is 0 Å². The van der Waals surface area contributed by atoms with Crippen LogP contribution >= 0.6 is 0 Å². The third kappa shape index (κ3) is 9.79. The van der Waals surface area contributed by atoms with Gasteiger partial charge in [-0.15, -0.1) is 0 Å². The molecule has 3 N–H and O–H groups in total. The second-order valence-corrected chi connectivity index (χ2v) is 10.1. The predicted octanol–water partition coefficient (Wildman–Crippen LogP) is 5.70. The standard InChI is InChI=1S/C29H41N3O5/c1-6-7-8-9-14-19-32(25(34)20-30-28(36)37-29(3,4)5)26(22-16-11-13-18-24(22)33)27(35)31-23-17-12-10-15-21(23)2/h10-13,15-18,26,33H,6-9,14,19-20H2,1-5H3,(H,30,36)(H,31,35). The maximum atomic E-state index is 13.7. The summed E-state index contributed by atoms with van der Waals surface area (Å²) >= 11 is 0. The van der Waals surface area contributed by atoms with E-state index in [0.717, 1.165) is 31.2 Å². The number of rotatable bonds is 12. The van der Waals surface area contributed by atoms with Gasteiger partial charge in [0.2, 0.25) is 5.91 Å². The number of carbonyl (C=O) groups excluding carboxylic acids is 3. The van der Waals surface area contributed by atoms with Crippen LogP contribution in [0.25, 0.3) is 0 Å². The maximum Gasteiger partial charge on any atom is 0.408 e. The number of phenols is 1. The molecule has 1 unspecified atom stereocenters. The summed E-state index contributed by atoms with van der Waals surface area (Å²) < 4.78 is 5.26. The number of unbranched alkanes of at least 4 members (excludes halogenated alkanes) is 4. The van der Waals surface area contributed by atoms with E-state index in [1.807, 2.05) is 25.1 Å². The van der Waals surface area contributed by atoms with Crippen molar-refractivity contribution in [3.63, 3.8) is 0 Å². The molecule has 0 spiro atoms. The van der Waals surface area contributed by atoms with Crippen molar-refractivity contribution in [1.82, 2.24) is 10.2 Å². The molecule has 0 heterocycles. The molecule has 0 aliphatic rings. The lowest BCUT2D eigenvalue weighted by molar-refractivity contribution is -0.138. The van der Waals surface area contributed by atoms with Crippen molar-refractivity contribution in [2.24, 2.45) is 0 Å². The lowest BCUT2D eigenvalue weighted by Gasteiger charge is -2.32. The van der Waals surface area contributed by atoms with Crippen LogP contribution in [-0.2, 0) is 14.3 Å². The third-order valence-corrected chi connectivity index (χ3v) is 5.80. The maximum absolute atomic E-state index is 13.7. The first-order valence-electron chi connectivity index (χ1n) is 12.9. The summed E-state index contributed by atoms with van der Waals surface area (Å²) in [5.41, 5.74) is 1.09. The number of benzene rings is 2. The number of hydrogen-bond donors (Lipinski definition) is 3. The Morgan fingerprint density at radius 3 is 2.27 bits per heavy atom. The number of hydrogen-bond acceptors (Lipinski definition) is 5. The molecule has 202 valence electrons. The average Bonchev–Trinajstić information content (AvgIpc) is 2.83. The fraction of sp³-hybridized carbons (Fsp3) is 0.483. The van der Waals surface area contributed by atoms with Gasteiger partial charge in [-0.2, -0.15) is 0 Å². The molecule has 8 heteroatoms. The topological polar surface area (TPSA) is 108 Å². The molecule has 2 rings (SSSR count). The van der Waals surface area contributed by atoms with Gasteiger partial charge in [0.25, 0.3) is 5.91 Å². The number of ether oxygens (including phenoxy) is 1. The lowest BCUT2D eigenvalue weighted by Crippen LogP contribution is -2.47. The van der Waals surface area contributed by atoms with E-state index in [4.69, 9.17) is 4.74 Å². The van der Waals surface area contributed by atoms with Crippen molar-refractivity contribution in [1.29, 1.82) is 0 Å². The van der Waals surface area contributed by atoms with Gasteiger partial charge in [-0.1, -0.05) is 69.0 Å². The summed E-state index contributed by atoms with van der Waals surface area (Å²) in [5, 5.41) is 16.1. The fourth-order valence-electron chi connectivity index (χ4n) is 3.93. The summed E-state index contributed by atoms with van der Waals surface area (Å²) in [6.07, 6.45) is 4.05. The molecule has 0 fully saturated rings. The van der Waals surface area contributed by atoms with Crippen LogP contribution in [-0.4, -0.2) is 46.6 Å². The Hall–Kier alpha value is -3.55. The number of amides is 3. The zero-order chi connectivity index (χ0) is 27.4. The van der Waals surface area contributed by atoms with Crippen molar-refractivity contribution in [2.75, 3.05) is 18.4 Å². The van der Waals surface area contributed by atoms with Gasteiger partial charge in [0.1, 0.15) is 23.9 Å². The normalized spacial score (nSPS) is 11.9. The lowest BCUT2D eigenvalue weighted by atomic mass is 10.0. The second kappa shape index (κ2) is 14.3. The minimum Gasteiger partial charge on any atom is -0.508 e. The van der Waals surface area contributed by atoms with E-state index in [1.165, 1.54) is 11.0 Å². The number of aryl methyl sites for hydroxylation is 1. The molecule has 8 nitrogen and oxygen atoms in total. The quantitative estimate of drug-likeness (QED) is 0.317. The van der Waals surface area contributed by atoms with Gasteiger partial charge in [-0.05, 0) is 51.8 Å². The van der Waals surface area contributed by atoms with Crippen molar-refractivity contribution in [2.45, 2.75) is 78.4 Å². The molecular formula is C29H41N3O5. The van der Waals surface area contributed by atoms with Crippen LogP contribution < -0.4 is 10.6 Å². The highest BCUT2D eigenvalue weighted by molar-refractivity contribution is 5.99. The van der Waals surface area contributed by atoms with Gasteiger partial charge in [-0.3, -0.25) is 9.59 Å². The molecule has 0 aliphatic carbocycles. The Morgan fingerprint density at radius 2 is 1.62 bits per heavy atom. The molecule has 2 aromatic carbocycles. The van der Waals surface area contributed by atoms with Gasteiger partial charge >= 0.3 is 6.09 Å². The van der Waals surface area contributed by atoms with E-state index >= 15 is 0 Å². The van der Waals surface area contributed by atoms with E-state index < -0.39 is 29.6 Å². The zero-order valence-corrected chi connectivity index (χ0v) is 22.7. The number of carbonyl (C=O) groups is 3. The fourth-order valence-corrected chi connectivity index (χ4v) is 3.93. The van der Waals surface area contributed by atoms with Crippen LogP contribution in [0.3, 0.4) is 0 Å². The molecule has 3 amide bonds. The molecule has 1 atom stereocenters. The monoisotopic (exact) mass is 511 g/mol. The Kier molecular flexibility index (Phi) is 11.4. The van der Waals surface area contributed by atoms with Crippen LogP contribution in [0.15, 0.2) is 48.5 Å². The molecular weight excluding hydrogens is 470 g/mol. The highest BCUT2D eigenvalue weighted by atomic mass is 16.6. The highest BCUT2D eigenvalue weighted by Gasteiger charge is 2.33. The van der Waals surface area contributed by atoms with Gasteiger partial charge < -0.3 is 25.4 Å². The van der Waals surface area contributed by atoms with Gasteiger partial charge in [0.05, 0.1) is 0 Å². The summed E-state index contributed by atoms with van der Waals surface area (Å²) in [6.45, 7) is 9.17. The van der Waals surface area contributed by atoms with E-state index in [-0.39, 0.29) is 12.3 Å².